The van der Waals surface area contributed by atoms with Crippen LogP contribution in [0.5, 0.6) is 0 Å². The lowest BCUT2D eigenvalue weighted by Crippen LogP contribution is -2.14. The molecule has 1 rings (SSSR count). The van der Waals surface area contributed by atoms with Crippen molar-refractivity contribution in [2.45, 2.75) is 33.3 Å². The lowest BCUT2D eigenvalue weighted by atomic mass is 9.88. The third-order valence-corrected chi connectivity index (χ3v) is 2.63. The molecule has 0 aromatic heterocycles. The average molecular weight is 154 g/mol. The number of aliphatic hydroxyl groups excluding tert-OH is 1. The number of aliphatic hydroxyl groups is 1. The smallest absolute Gasteiger partial charge is 0.0749 e. The van der Waals surface area contributed by atoms with E-state index in [0.717, 1.165) is 6.42 Å². The molecule has 1 N–H and O–H groups in total. The molecule has 0 radical (unpaired) electrons. The van der Waals surface area contributed by atoms with Crippen LogP contribution in [0.3, 0.4) is 0 Å². The highest BCUT2D eigenvalue weighted by atomic mass is 16.3. The maximum atomic E-state index is 9.41. The van der Waals surface area contributed by atoms with Gasteiger partial charge in [-0.2, -0.15) is 0 Å². The predicted octanol–water partition coefficient (Wildman–Crippen LogP) is 2.22. The fourth-order valence-electron chi connectivity index (χ4n) is 1.76. The van der Waals surface area contributed by atoms with E-state index in [1.54, 1.807) is 6.08 Å². The summed E-state index contributed by atoms with van der Waals surface area (Å²) in [6, 6.07) is 0. The van der Waals surface area contributed by atoms with Crippen LogP contribution in [-0.4, -0.2) is 11.2 Å². The van der Waals surface area contributed by atoms with Gasteiger partial charge in [-0.1, -0.05) is 26.8 Å². The summed E-state index contributed by atoms with van der Waals surface area (Å²) in [6.45, 7) is 10.3. The Morgan fingerprint density at radius 3 is 2.36 bits per heavy atom. The fraction of sp³-hybridized carbons (Fsp3) is 0.800. The highest BCUT2D eigenvalue weighted by Gasteiger charge is 2.47. The van der Waals surface area contributed by atoms with E-state index in [2.05, 4.69) is 27.4 Å². The first kappa shape index (κ1) is 8.79. The molecule has 1 aliphatic rings. The van der Waals surface area contributed by atoms with E-state index >= 15 is 0 Å². The van der Waals surface area contributed by atoms with Gasteiger partial charge in [0.05, 0.1) is 6.10 Å². The molecule has 64 valence electrons. The predicted molar refractivity (Wildman–Crippen MR) is 47.3 cm³/mol. The molecule has 1 saturated carbocycles. The summed E-state index contributed by atoms with van der Waals surface area (Å²) in [7, 11) is 0. The topological polar surface area (TPSA) is 20.2 Å². The molecule has 1 nitrogen and oxygen atoms in total. The average Bonchev–Trinajstić information content (AvgIpc) is 2.62. The molecular formula is C10H18O. The molecule has 0 amide bonds. The normalized spacial score (nSPS) is 33.1. The molecule has 0 saturated heterocycles. The van der Waals surface area contributed by atoms with Gasteiger partial charge in [0.2, 0.25) is 0 Å². The molecule has 0 aliphatic heterocycles. The molecule has 0 aromatic carbocycles. The SMILES string of the molecule is C=CC(O)C1CC1C(C)(C)C. The lowest BCUT2D eigenvalue weighted by Gasteiger charge is -2.18. The Morgan fingerprint density at radius 2 is 2.09 bits per heavy atom. The first-order valence-electron chi connectivity index (χ1n) is 4.27. The van der Waals surface area contributed by atoms with Crippen LogP contribution in [0.25, 0.3) is 0 Å². The maximum absolute atomic E-state index is 9.41. The van der Waals surface area contributed by atoms with Gasteiger partial charge in [0.1, 0.15) is 0 Å². The molecule has 0 bridgehead atoms. The Balaban J connectivity index is 2.43. The summed E-state index contributed by atoms with van der Waals surface area (Å²) < 4.78 is 0. The molecule has 0 aromatic rings. The van der Waals surface area contributed by atoms with Gasteiger partial charge in [0.15, 0.2) is 0 Å². The van der Waals surface area contributed by atoms with Crippen molar-refractivity contribution in [3.05, 3.63) is 12.7 Å². The summed E-state index contributed by atoms with van der Waals surface area (Å²) in [5.74, 6) is 1.17. The molecule has 11 heavy (non-hydrogen) atoms. The third kappa shape index (κ3) is 1.84. The van der Waals surface area contributed by atoms with E-state index in [9.17, 15) is 5.11 Å². The highest BCUT2D eigenvalue weighted by molar-refractivity contribution is 5.02. The molecular weight excluding hydrogens is 136 g/mol. The molecule has 1 heteroatoms. The van der Waals surface area contributed by atoms with Crippen LogP contribution in [-0.2, 0) is 0 Å². The fourth-order valence-corrected chi connectivity index (χ4v) is 1.76. The molecule has 3 atom stereocenters. The van der Waals surface area contributed by atoms with Gasteiger partial charge in [-0.3, -0.25) is 0 Å². The molecule has 3 unspecified atom stereocenters. The van der Waals surface area contributed by atoms with Gasteiger partial charge >= 0.3 is 0 Å². The van der Waals surface area contributed by atoms with Gasteiger partial charge in [0.25, 0.3) is 0 Å². The van der Waals surface area contributed by atoms with Crippen LogP contribution in [0, 0.1) is 17.3 Å². The second-order valence-corrected chi connectivity index (χ2v) is 4.60. The van der Waals surface area contributed by atoms with Crippen LogP contribution in [0.4, 0.5) is 0 Å². The van der Waals surface area contributed by atoms with Crippen molar-refractivity contribution in [3.8, 4) is 0 Å². The Hall–Kier alpha value is -0.300. The lowest BCUT2D eigenvalue weighted by molar-refractivity contribution is 0.175. The van der Waals surface area contributed by atoms with E-state index in [4.69, 9.17) is 0 Å². The zero-order chi connectivity index (χ0) is 8.65. The van der Waals surface area contributed by atoms with Crippen LogP contribution in [0.2, 0.25) is 0 Å². The van der Waals surface area contributed by atoms with Gasteiger partial charge in [-0.25, -0.2) is 0 Å². The van der Waals surface area contributed by atoms with E-state index in [-0.39, 0.29) is 6.10 Å². The highest BCUT2D eigenvalue weighted by Crippen LogP contribution is 2.52. The van der Waals surface area contributed by atoms with Crippen molar-refractivity contribution in [2.24, 2.45) is 17.3 Å². The molecule has 0 heterocycles. The Kier molecular flexibility index (Phi) is 2.10. The van der Waals surface area contributed by atoms with Crippen molar-refractivity contribution in [1.29, 1.82) is 0 Å². The first-order valence-corrected chi connectivity index (χ1v) is 4.27. The number of rotatable bonds is 2. The van der Waals surface area contributed by atoms with Crippen LogP contribution >= 0.6 is 0 Å². The minimum Gasteiger partial charge on any atom is -0.389 e. The Morgan fingerprint density at radius 1 is 1.55 bits per heavy atom. The van der Waals surface area contributed by atoms with E-state index in [1.165, 1.54) is 0 Å². The van der Waals surface area contributed by atoms with Crippen molar-refractivity contribution >= 4 is 0 Å². The first-order chi connectivity index (χ1) is 4.96. The van der Waals surface area contributed by atoms with Gasteiger partial charge in [-0.05, 0) is 23.7 Å². The van der Waals surface area contributed by atoms with Crippen molar-refractivity contribution in [1.82, 2.24) is 0 Å². The zero-order valence-corrected chi connectivity index (χ0v) is 7.67. The minimum atomic E-state index is -0.278. The van der Waals surface area contributed by atoms with E-state index < -0.39 is 0 Å². The largest absolute Gasteiger partial charge is 0.389 e. The molecule has 1 aliphatic carbocycles. The second kappa shape index (κ2) is 2.63. The van der Waals surface area contributed by atoms with E-state index in [1.807, 2.05) is 0 Å². The summed E-state index contributed by atoms with van der Waals surface area (Å²) in [6.07, 6.45) is 2.53. The molecule has 1 fully saturated rings. The maximum Gasteiger partial charge on any atom is 0.0749 e. The summed E-state index contributed by atoms with van der Waals surface area (Å²) in [5, 5.41) is 9.41. The minimum absolute atomic E-state index is 0.278. The van der Waals surface area contributed by atoms with Crippen molar-refractivity contribution in [2.75, 3.05) is 0 Å². The summed E-state index contributed by atoms with van der Waals surface area (Å²) >= 11 is 0. The quantitative estimate of drug-likeness (QED) is 0.605. The van der Waals surface area contributed by atoms with Crippen LogP contribution in [0.15, 0.2) is 12.7 Å². The summed E-state index contributed by atoms with van der Waals surface area (Å²) in [5.41, 5.74) is 0.356. The third-order valence-electron chi connectivity index (χ3n) is 2.63. The Bertz CT molecular complexity index is 155. The monoisotopic (exact) mass is 154 g/mol. The van der Waals surface area contributed by atoms with Gasteiger partial charge in [-0.15, -0.1) is 6.58 Å². The zero-order valence-electron chi connectivity index (χ0n) is 7.67. The summed E-state index contributed by atoms with van der Waals surface area (Å²) in [4.78, 5) is 0. The second-order valence-electron chi connectivity index (χ2n) is 4.60. The van der Waals surface area contributed by atoms with Crippen LogP contribution in [0.1, 0.15) is 27.2 Å². The van der Waals surface area contributed by atoms with Crippen molar-refractivity contribution < 1.29 is 5.11 Å². The van der Waals surface area contributed by atoms with E-state index in [0.29, 0.717) is 17.3 Å². The van der Waals surface area contributed by atoms with Crippen molar-refractivity contribution in [3.63, 3.8) is 0 Å². The Labute approximate surface area is 69.1 Å². The van der Waals surface area contributed by atoms with Crippen LogP contribution < -0.4 is 0 Å². The molecule has 0 spiro atoms. The van der Waals surface area contributed by atoms with Gasteiger partial charge in [0, 0.05) is 0 Å². The number of hydrogen-bond donors (Lipinski definition) is 1. The number of hydrogen-bond acceptors (Lipinski definition) is 1. The van der Waals surface area contributed by atoms with Gasteiger partial charge < -0.3 is 5.11 Å². The standard InChI is InChI=1S/C10H18O/c1-5-9(11)7-6-8(7)10(2,3)4/h5,7-9,11H,1,6H2,2-4H3.